The van der Waals surface area contributed by atoms with Crippen molar-refractivity contribution < 1.29 is 9.15 Å². The van der Waals surface area contributed by atoms with E-state index in [0.29, 0.717) is 17.5 Å². The van der Waals surface area contributed by atoms with Crippen molar-refractivity contribution in [2.45, 2.75) is 31.6 Å². The number of aromatic nitrogens is 4. The number of aryl methyl sites for hydroxylation is 3. The minimum Gasteiger partial charge on any atom is -0.497 e. The van der Waals surface area contributed by atoms with Crippen molar-refractivity contribution in [1.29, 1.82) is 0 Å². The lowest BCUT2D eigenvalue weighted by Gasteiger charge is -2.03. The maximum Gasteiger partial charge on any atom is 0.247 e. The van der Waals surface area contributed by atoms with Gasteiger partial charge in [-0.05, 0) is 50.6 Å². The number of rotatable bonds is 5. The molecule has 0 bridgehead atoms. The lowest BCUT2D eigenvalue weighted by Crippen LogP contribution is -1.92. The van der Waals surface area contributed by atoms with Crippen LogP contribution in [-0.2, 0) is 5.75 Å². The van der Waals surface area contributed by atoms with E-state index in [1.54, 1.807) is 30.2 Å². The van der Waals surface area contributed by atoms with Gasteiger partial charge < -0.3 is 9.15 Å². The Morgan fingerprint density at radius 2 is 1.85 bits per heavy atom. The van der Waals surface area contributed by atoms with E-state index in [4.69, 9.17) is 9.15 Å². The molecule has 6 nitrogen and oxygen atoms in total. The molecule has 4 aromatic rings. The van der Waals surface area contributed by atoms with Crippen LogP contribution in [0.15, 0.2) is 33.7 Å². The molecule has 1 aromatic carbocycles. The fourth-order valence-electron chi connectivity index (χ4n) is 2.71. The molecule has 0 aliphatic carbocycles. The van der Waals surface area contributed by atoms with E-state index in [0.717, 1.165) is 32.4 Å². The SMILES string of the molecule is COc1ccc(-c2nnc(CSc3nc(C)nc4sc(C)c(C)c34)o2)cc1. The molecular weight excluding hydrogens is 380 g/mol. The second-order valence-electron chi connectivity index (χ2n) is 6.06. The minimum atomic E-state index is 0.500. The van der Waals surface area contributed by atoms with Crippen LogP contribution >= 0.6 is 23.1 Å². The maximum absolute atomic E-state index is 5.82. The van der Waals surface area contributed by atoms with Gasteiger partial charge in [0.25, 0.3) is 0 Å². The fraction of sp³-hybridized carbons (Fsp3) is 0.263. The normalized spacial score (nSPS) is 11.3. The zero-order chi connectivity index (χ0) is 19.0. The molecule has 0 N–H and O–H groups in total. The third kappa shape index (κ3) is 3.54. The van der Waals surface area contributed by atoms with E-state index in [9.17, 15) is 0 Å². The van der Waals surface area contributed by atoms with Gasteiger partial charge in [-0.25, -0.2) is 9.97 Å². The van der Waals surface area contributed by atoms with Crippen LogP contribution in [0.4, 0.5) is 0 Å². The molecule has 0 saturated carbocycles. The van der Waals surface area contributed by atoms with Crippen molar-refractivity contribution in [1.82, 2.24) is 20.2 Å². The summed E-state index contributed by atoms with van der Waals surface area (Å²) in [5.41, 5.74) is 2.10. The van der Waals surface area contributed by atoms with E-state index in [1.165, 1.54) is 10.4 Å². The van der Waals surface area contributed by atoms with Crippen molar-refractivity contribution in [2.24, 2.45) is 0 Å². The number of hydrogen-bond acceptors (Lipinski definition) is 8. The number of benzene rings is 1. The zero-order valence-electron chi connectivity index (χ0n) is 15.4. The van der Waals surface area contributed by atoms with Crippen LogP contribution in [-0.4, -0.2) is 27.3 Å². The number of thiophene rings is 1. The predicted molar refractivity (Wildman–Crippen MR) is 107 cm³/mol. The summed E-state index contributed by atoms with van der Waals surface area (Å²) < 4.78 is 11.0. The molecule has 0 spiro atoms. The summed E-state index contributed by atoms with van der Waals surface area (Å²) in [6.45, 7) is 6.15. The summed E-state index contributed by atoms with van der Waals surface area (Å²) in [7, 11) is 1.64. The Balaban J connectivity index is 1.56. The topological polar surface area (TPSA) is 73.9 Å². The summed E-state index contributed by atoms with van der Waals surface area (Å²) >= 11 is 3.31. The van der Waals surface area contributed by atoms with Gasteiger partial charge in [-0.3, -0.25) is 0 Å². The Bertz CT molecular complexity index is 1100. The van der Waals surface area contributed by atoms with Gasteiger partial charge in [-0.1, -0.05) is 11.8 Å². The summed E-state index contributed by atoms with van der Waals surface area (Å²) in [5, 5.41) is 10.4. The molecule has 0 amide bonds. The highest BCUT2D eigenvalue weighted by atomic mass is 32.2. The number of hydrogen-bond donors (Lipinski definition) is 0. The van der Waals surface area contributed by atoms with Crippen LogP contribution in [0.5, 0.6) is 5.75 Å². The first-order valence-corrected chi connectivity index (χ1v) is 10.2. The Kier molecular flexibility index (Phi) is 4.84. The molecule has 0 fully saturated rings. The monoisotopic (exact) mass is 398 g/mol. The zero-order valence-corrected chi connectivity index (χ0v) is 17.1. The smallest absolute Gasteiger partial charge is 0.247 e. The van der Waals surface area contributed by atoms with Crippen LogP contribution in [0.25, 0.3) is 21.7 Å². The Hall–Kier alpha value is -2.45. The van der Waals surface area contributed by atoms with Crippen LogP contribution in [0.1, 0.15) is 22.2 Å². The summed E-state index contributed by atoms with van der Waals surface area (Å²) in [4.78, 5) is 11.5. The Morgan fingerprint density at radius 3 is 2.59 bits per heavy atom. The van der Waals surface area contributed by atoms with Crippen LogP contribution in [0.3, 0.4) is 0 Å². The van der Waals surface area contributed by atoms with Gasteiger partial charge >= 0.3 is 0 Å². The molecule has 0 unspecified atom stereocenters. The second kappa shape index (κ2) is 7.28. The van der Waals surface area contributed by atoms with Crippen molar-refractivity contribution in [3.63, 3.8) is 0 Å². The molecule has 27 heavy (non-hydrogen) atoms. The van der Waals surface area contributed by atoms with Crippen molar-refractivity contribution in [2.75, 3.05) is 7.11 Å². The highest BCUT2D eigenvalue weighted by Crippen LogP contribution is 2.36. The van der Waals surface area contributed by atoms with E-state index in [-0.39, 0.29) is 0 Å². The quantitative estimate of drug-likeness (QED) is 0.347. The van der Waals surface area contributed by atoms with E-state index in [2.05, 4.69) is 34.0 Å². The second-order valence-corrected chi connectivity index (χ2v) is 8.22. The lowest BCUT2D eigenvalue weighted by atomic mass is 10.2. The Labute approximate surface area is 165 Å². The summed E-state index contributed by atoms with van der Waals surface area (Å²) in [6.07, 6.45) is 0. The van der Waals surface area contributed by atoms with Gasteiger partial charge in [-0.15, -0.1) is 21.5 Å². The predicted octanol–water partition coefficient (Wildman–Crippen LogP) is 4.97. The molecule has 8 heteroatoms. The van der Waals surface area contributed by atoms with Gasteiger partial charge in [0.15, 0.2) is 0 Å². The van der Waals surface area contributed by atoms with Gasteiger partial charge in [0.1, 0.15) is 21.4 Å². The molecular formula is C19H18N4O2S2. The van der Waals surface area contributed by atoms with Crippen molar-refractivity contribution in [3.8, 4) is 17.2 Å². The van der Waals surface area contributed by atoms with E-state index >= 15 is 0 Å². The summed E-state index contributed by atoms with van der Waals surface area (Å²) in [5.74, 6) is 3.19. The highest BCUT2D eigenvalue weighted by molar-refractivity contribution is 7.98. The Morgan fingerprint density at radius 1 is 1.07 bits per heavy atom. The van der Waals surface area contributed by atoms with E-state index < -0.39 is 0 Å². The van der Waals surface area contributed by atoms with Crippen molar-refractivity contribution in [3.05, 3.63) is 46.4 Å². The largest absolute Gasteiger partial charge is 0.497 e. The van der Waals surface area contributed by atoms with Crippen LogP contribution in [0.2, 0.25) is 0 Å². The number of thioether (sulfide) groups is 1. The average Bonchev–Trinajstić information content (AvgIpc) is 3.25. The van der Waals surface area contributed by atoms with Crippen LogP contribution in [0, 0.1) is 20.8 Å². The number of nitrogens with zero attached hydrogens (tertiary/aromatic N) is 4. The minimum absolute atomic E-state index is 0.500. The van der Waals surface area contributed by atoms with Gasteiger partial charge in [0.2, 0.25) is 11.8 Å². The third-order valence-corrected chi connectivity index (χ3v) is 6.30. The number of methoxy groups -OCH3 is 1. The first-order chi connectivity index (χ1) is 13.0. The first-order valence-electron chi connectivity index (χ1n) is 8.39. The van der Waals surface area contributed by atoms with Crippen LogP contribution < -0.4 is 4.74 Å². The van der Waals surface area contributed by atoms with Gasteiger partial charge in [0.05, 0.1) is 12.9 Å². The lowest BCUT2D eigenvalue weighted by molar-refractivity contribution is 0.415. The highest BCUT2D eigenvalue weighted by Gasteiger charge is 2.16. The molecule has 0 saturated heterocycles. The number of fused-ring (bicyclic) bond motifs is 1. The molecule has 3 aromatic heterocycles. The van der Waals surface area contributed by atoms with Gasteiger partial charge in [0, 0.05) is 15.8 Å². The molecule has 0 atom stereocenters. The fourth-order valence-corrected chi connectivity index (χ4v) is 4.82. The molecule has 0 aliphatic heterocycles. The number of ether oxygens (including phenoxy) is 1. The molecule has 138 valence electrons. The van der Waals surface area contributed by atoms with E-state index in [1.807, 2.05) is 31.2 Å². The summed E-state index contributed by atoms with van der Waals surface area (Å²) in [6, 6.07) is 7.54. The average molecular weight is 399 g/mol. The molecule has 3 heterocycles. The molecule has 0 aliphatic rings. The standard InChI is InChI=1S/C19H18N4O2S2/c1-10-11(2)27-19-16(10)18(20-12(3)21-19)26-9-15-22-23-17(25-15)13-5-7-14(24-4)8-6-13/h5-8H,9H2,1-4H3. The maximum atomic E-state index is 5.82. The molecule has 0 radical (unpaired) electrons. The third-order valence-electron chi connectivity index (χ3n) is 4.24. The molecule has 4 rings (SSSR count). The van der Waals surface area contributed by atoms with Crippen molar-refractivity contribution >= 4 is 33.3 Å². The van der Waals surface area contributed by atoms with Gasteiger partial charge in [-0.2, -0.15) is 0 Å². The first kappa shape index (κ1) is 17.9.